The van der Waals surface area contributed by atoms with Crippen LogP contribution in [0.3, 0.4) is 0 Å². The highest BCUT2D eigenvalue weighted by molar-refractivity contribution is 5.58. The maximum Gasteiger partial charge on any atom is 0.127 e. The van der Waals surface area contributed by atoms with Crippen LogP contribution in [0.15, 0.2) is 65.3 Å². The summed E-state index contributed by atoms with van der Waals surface area (Å²) in [7, 11) is 4.06. The Labute approximate surface area is 126 Å². The fourth-order valence-corrected chi connectivity index (χ4v) is 2.03. The molecule has 3 nitrogen and oxygen atoms in total. The second kappa shape index (κ2) is 6.35. The molecule has 2 rings (SSSR count). The van der Waals surface area contributed by atoms with Gasteiger partial charge in [0.05, 0.1) is 0 Å². The molecule has 1 heterocycles. The van der Waals surface area contributed by atoms with Crippen LogP contribution < -0.4 is 10.6 Å². The Morgan fingerprint density at radius 2 is 1.76 bits per heavy atom. The summed E-state index contributed by atoms with van der Waals surface area (Å²) < 4.78 is 5.69. The van der Waals surface area contributed by atoms with E-state index < -0.39 is 0 Å². The quantitative estimate of drug-likeness (QED) is 0.916. The van der Waals surface area contributed by atoms with Crippen molar-refractivity contribution >= 4 is 11.8 Å². The molecule has 0 radical (unpaired) electrons. The summed E-state index contributed by atoms with van der Waals surface area (Å²) in [5.74, 6) is 1.64. The topological polar surface area (TPSA) is 38.5 Å². The molecule has 110 valence electrons. The molecule has 0 aliphatic carbocycles. The molecule has 3 heteroatoms. The number of rotatable bonds is 3. The lowest BCUT2D eigenvalue weighted by Gasteiger charge is -2.14. The molecule has 0 aromatic heterocycles. The van der Waals surface area contributed by atoms with Gasteiger partial charge in [0.1, 0.15) is 11.5 Å². The first-order chi connectivity index (χ1) is 9.95. The van der Waals surface area contributed by atoms with Crippen molar-refractivity contribution in [1.29, 1.82) is 0 Å². The highest BCUT2D eigenvalue weighted by Gasteiger charge is 2.06. The fourth-order valence-electron chi connectivity index (χ4n) is 2.03. The minimum absolute atomic E-state index is 0.791. The Hall–Kier alpha value is -2.42. The SMILES string of the molecule is CC1=C/C(=C(\C)N)C=C(/C=C/c2ccc(N(C)C)cc2)O1. The Balaban J connectivity index is 2.16. The van der Waals surface area contributed by atoms with Gasteiger partial charge in [0.2, 0.25) is 0 Å². The van der Waals surface area contributed by atoms with Crippen molar-refractivity contribution in [1.82, 2.24) is 0 Å². The Bertz CT molecular complexity index is 628. The summed E-state index contributed by atoms with van der Waals surface area (Å²) in [4.78, 5) is 2.08. The second-order valence-electron chi connectivity index (χ2n) is 5.36. The number of nitrogens with zero attached hydrogens (tertiary/aromatic N) is 1. The Kier molecular flexibility index (Phi) is 4.53. The van der Waals surface area contributed by atoms with Crippen LogP contribution in [0.25, 0.3) is 6.08 Å². The molecule has 0 saturated carbocycles. The van der Waals surface area contributed by atoms with Gasteiger partial charge in [-0.3, -0.25) is 0 Å². The number of allylic oxidation sites excluding steroid dienone is 6. The average Bonchev–Trinajstić information content (AvgIpc) is 2.45. The van der Waals surface area contributed by atoms with Gasteiger partial charge in [-0.05, 0) is 55.3 Å². The standard InChI is InChI=1S/C18H22N2O/c1-13-11-16(14(2)19)12-18(21-13)10-7-15-5-8-17(9-6-15)20(3)4/h5-12H,19H2,1-4H3/b10-7+,16-14-. The first kappa shape index (κ1) is 15.0. The van der Waals surface area contributed by atoms with Crippen molar-refractivity contribution in [3.8, 4) is 0 Å². The molecule has 1 aromatic carbocycles. The molecule has 0 fully saturated rings. The lowest BCUT2D eigenvalue weighted by Crippen LogP contribution is -2.07. The molecule has 21 heavy (non-hydrogen) atoms. The van der Waals surface area contributed by atoms with Gasteiger partial charge in [0, 0.05) is 25.5 Å². The van der Waals surface area contributed by atoms with Gasteiger partial charge >= 0.3 is 0 Å². The number of ether oxygens (including phenoxy) is 1. The fraction of sp³-hybridized carbons (Fsp3) is 0.222. The number of nitrogens with two attached hydrogens (primary N) is 1. The molecule has 0 bridgehead atoms. The van der Waals surface area contributed by atoms with Crippen LogP contribution >= 0.6 is 0 Å². The predicted octanol–water partition coefficient (Wildman–Crippen LogP) is 3.82. The molecule has 1 aliphatic heterocycles. The third kappa shape index (κ3) is 4.02. The van der Waals surface area contributed by atoms with Crippen LogP contribution in [0, 0.1) is 0 Å². The van der Waals surface area contributed by atoms with Crippen LogP contribution in [-0.2, 0) is 4.74 Å². The zero-order chi connectivity index (χ0) is 15.4. The van der Waals surface area contributed by atoms with Gasteiger partial charge in [-0.2, -0.15) is 0 Å². The van der Waals surface area contributed by atoms with Crippen LogP contribution in [-0.4, -0.2) is 14.1 Å². The van der Waals surface area contributed by atoms with E-state index in [1.807, 2.05) is 52.2 Å². The van der Waals surface area contributed by atoms with E-state index in [1.54, 1.807) is 0 Å². The van der Waals surface area contributed by atoms with Crippen LogP contribution in [0.4, 0.5) is 5.69 Å². The van der Waals surface area contributed by atoms with Gasteiger partial charge in [-0.25, -0.2) is 0 Å². The van der Waals surface area contributed by atoms with Crippen molar-refractivity contribution in [3.63, 3.8) is 0 Å². The maximum atomic E-state index is 5.85. The predicted molar refractivity (Wildman–Crippen MR) is 89.6 cm³/mol. The molecule has 0 spiro atoms. The third-order valence-electron chi connectivity index (χ3n) is 3.24. The van der Waals surface area contributed by atoms with Crippen LogP contribution in [0.5, 0.6) is 0 Å². The molecular weight excluding hydrogens is 260 g/mol. The first-order valence-corrected chi connectivity index (χ1v) is 6.95. The summed E-state index contributed by atoms with van der Waals surface area (Å²) >= 11 is 0. The monoisotopic (exact) mass is 282 g/mol. The van der Waals surface area contributed by atoms with Gasteiger partial charge in [-0.15, -0.1) is 0 Å². The minimum atomic E-state index is 0.791. The zero-order valence-electron chi connectivity index (χ0n) is 13.1. The first-order valence-electron chi connectivity index (χ1n) is 6.95. The van der Waals surface area contributed by atoms with E-state index in [9.17, 15) is 0 Å². The molecule has 0 amide bonds. The Morgan fingerprint density at radius 1 is 1.10 bits per heavy atom. The number of hydrogen-bond donors (Lipinski definition) is 1. The van der Waals surface area contributed by atoms with E-state index in [0.717, 1.165) is 28.4 Å². The maximum absolute atomic E-state index is 5.85. The normalized spacial score (nSPS) is 17.1. The summed E-state index contributed by atoms with van der Waals surface area (Å²) in [6, 6.07) is 8.36. The third-order valence-corrected chi connectivity index (χ3v) is 3.24. The van der Waals surface area contributed by atoms with E-state index in [0.29, 0.717) is 0 Å². The number of hydrogen-bond acceptors (Lipinski definition) is 3. The van der Waals surface area contributed by atoms with E-state index in [-0.39, 0.29) is 0 Å². The van der Waals surface area contributed by atoms with Crippen molar-refractivity contribution in [2.24, 2.45) is 5.73 Å². The summed E-state index contributed by atoms with van der Waals surface area (Å²) in [5.41, 5.74) is 9.96. The smallest absolute Gasteiger partial charge is 0.127 e. The van der Waals surface area contributed by atoms with Crippen LogP contribution in [0.2, 0.25) is 0 Å². The molecule has 2 N–H and O–H groups in total. The number of benzene rings is 1. The Morgan fingerprint density at radius 3 is 2.33 bits per heavy atom. The summed E-state index contributed by atoms with van der Waals surface area (Å²) in [6.07, 6.45) is 7.89. The van der Waals surface area contributed by atoms with Gasteiger partial charge < -0.3 is 15.4 Å². The van der Waals surface area contributed by atoms with Gasteiger partial charge in [-0.1, -0.05) is 18.2 Å². The van der Waals surface area contributed by atoms with Crippen LogP contribution in [0.1, 0.15) is 19.4 Å². The highest BCUT2D eigenvalue weighted by Crippen LogP contribution is 2.22. The van der Waals surface area contributed by atoms with E-state index in [2.05, 4.69) is 29.2 Å². The lowest BCUT2D eigenvalue weighted by molar-refractivity contribution is 0.318. The lowest BCUT2D eigenvalue weighted by atomic mass is 10.1. The van der Waals surface area contributed by atoms with E-state index in [4.69, 9.17) is 10.5 Å². The van der Waals surface area contributed by atoms with Gasteiger partial charge in [0.25, 0.3) is 0 Å². The molecule has 0 unspecified atom stereocenters. The van der Waals surface area contributed by atoms with E-state index >= 15 is 0 Å². The molecule has 1 aromatic rings. The van der Waals surface area contributed by atoms with Crippen molar-refractivity contribution in [2.75, 3.05) is 19.0 Å². The minimum Gasteiger partial charge on any atom is -0.462 e. The van der Waals surface area contributed by atoms with Crippen molar-refractivity contribution < 1.29 is 4.74 Å². The van der Waals surface area contributed by atoms with Crippen molar-refractivity contribution in [3.05, 3.63) is 70.8 Å². The zero-order valence-corrected chi connectivity index (χ0v) is 13.1. The molecular formula is C18H22N2O. The average molecular weight is 282 g/mol. The van der Waals surface area contributed by atoms with E-state index in [1.165, 1.54) is 5.69 Å². The second-order valence-corrected chi connectivity index (χ2v) is 5.36. The summed E-state index contributed by atoms with van der Waals surface area (Å²) in [5, 5.41) is 0. The largest absolute Gasteiger partial charge is 0.462 e. The highest BCUT2D eigenvalue weighted by atomic mass is 16.5. The molecule has 0 saturated heterocycles. The molecule has 0 atom stereocenters. The summed E-state index contributed by atoms with van der Waals surface area (Å²) in [6.45, 7) is 3.82. The van der Waals surface area contributed by atoms with Gasteiger partial charge in [0.15, 0.2) is 0 Å². The van der Waals surface area contributed by atoms with Crippen molar-refractivity contribution in [2.45, 2.75) is 13.8 Å². The molecule has 1 aliphatic rings. The number of anilines is 1.